The maximum Gasteiger partial charge on any atom is 0.210 e. The van der Waals surface area contributed by atoms with Crippen LogP contribution in [0.4, 0.5) is 5.69 Å². The fourth-order valence-electron chi connectivity index (χ4n) is 0.854. The SMILES string of the molecule is CCCN=C(NN)Nc1ccsc1Cl. The third-order valence-corrected chi connectivity index (χ3v) is 2.67. The monoisotopic (exact) mass is 232 g/mol. The predicted octanol–water partition coefficient (Wildman–Crippen LogP) is 2.04. The first-order chi connectivity index (χ1) is 6.77. The fraction of sp³-hybridized carbons (Fsp3) is 0.375. The molecule has 0 bridgehead atoms. The molecular weight excluding hydrogens is 220 g/mol. The molecule has 0 atom stereocenters. The first-order valence-electron chi connectivity index (χ1n) is 4.29. The molecule has 0 amide bonds. The molecule has 14 heavy (non-hydrogen) atoms. The van der Waals surface area contributed by atoms with Gasteiger partial charge in [0.25, 0.3) is 0 Å². The van der Waals surface area contributed by atoms with Crippen LogP contribution in [0.3, 0.4) is 0 Å². The number of anilines is 1. The number of rotatable bonds is 3. The number of nitrogens with two attached hydrogens (primary N) is 1. The molecule has 0 aliphatic rings. The highest BCUT2D eigenvalue weighted by Gasteiger charge is 2.02. The van der Waals surface area contributed by atoms with Crippen LogP contribution in [0.15, 0.2) is 16.4 Å². The molecule has 0 aliphatic carbocycles. The van der Waals surface area contributed by atoms with Gasteiger partial charge in [-0.2, -0.15) is 0 Å². The summed E-state index contributed by atoms with van der Waals surface area (Å²) in [5.41, 5.74) is 3.31. The Morgan fingerprint density at radius 3 is 3.00 bits per heavy atom. The summed E-state index contributed by atoms with van der Waals surface area (Å²) in [7, 11) is 0. The lowest BCUT2D eigenvalue weighted by atomic mass is 10.5. The van der Waals surface area contributed by atoms with E-state index >= 15 is 0 Å². The minimum atomic E-state index is 0.534. The van der Waals surface area contributed by atoms with Gasteiger partial charge in [-0.3, -0.25) is 10.4 Å². The summed E-state index contributed by atoms with van der Waals surface area (Å²) < 4.78 is 0.699. The molecule has 0 radical (unpaired) electrons. The van der Waals surface area contributed by atoms with Crippen molar-refractivity contribution in [1.29, 1.82) is 0 Å². The largest absolute Gasteiger partial charge is 0.323 e. The minimum absolute atomic E-state index is 0.534. The summed E-state index contributed by atoms with van der Waals surface area (Å²) in [4.78, 5) is 4.19. The zero-order chi connectivity index (χ0) is 10.4. The molecule has 1 aromatic rings. The molecule has 78 valence electrons. The lowest BCUT2D eigenvalue weighted by Gasteiger charge is -2.07. The van der Waals surface area contributed by atoms with Crippen molar-refractivity contribution in [1.82, 2.24) is 5.43 Å². The summed E-state index contributed by atoms with van der Waals surface area (Å²) in [5.74, 6) is 5.83. The highest BCUT2D eigenvalue weighted by Crippen LogP contribution is 2.27. The highest BCUT2D eigenvalue weighted by atomic mass is 35.5. The van der Waals surface area contributed by atoms with E-state index in [2.05, 4.69) is 22.7 Å². The number of guanidine groups is 1. The van der Waals surface area contributed by atoms with E-state index in [1.165, 1.54) is 11.3 Å². The first-order valence-corrected chi connectivity index (χ1v) is 5.54. The van der Waals surface area contributed by atoms with Crippen LogP contribution in [0.1, 0.15) is 13.3 Å². The average molecular weight is 233 g/mol. The first kappa shape index (κ1) is 11.3. The van der Waals surface area contributed by atoms with Gasteiger partial charge in [0.2, 0.25) is 5.96 Å². The predicted molar refractivity (Wildman–Crippen MR) is 62.9 cm³/mol. The van der Waals surface area contributed by atoms with Gasteiger partial charge >= 0.3 is 0 Å². The van der Waals surface area contributed by atoms with Crippen LogP contribution >= 0.6 is 22.9 Å². The molecule has 0 saturated carbocycles. The van der Waals surface area contributed by atoms with Crippen molar-refractivity contribution < 1.29 is 0 Å². The molecule has 1 heterocycles. The second kappa shape index (κ2) is 5.85. The number of aliphatic imine (C=N–C) groups is 1. The number of hydrogen-bond acceptors (Lipinski definition) is 3. The molecule has 0 aromatic carbocycles. The van der Waals surface area contributed by atoms with Crippen LogP contribution in [-0.4, -0.2) is 12.5 Å². The van der Waals surface area contributed by atoms with E-state index in [0.29, 0.717) is 10.3 Å². The number of hydrazine groups is 1. The van der Waals surface area contributed by atoms with Gasteiger partial charge in [0.05, 0.1) is 5.69 Å². The van der Waals surface area contributed by atoms with E-state index < -0.39 is 0 Å². The average Bonchev–Trinajstić information content (AvgIpc) is 2.59. The van der Waals surface area contributed by atoms with Gasteiger partial charge < -0.3 is 5.32 Å². The molecule has 1 rings (SSSR count). The second-order valence-electron chi connectivity index (χ2n) is 2.61. The Labute approximate surface area is 92.1 Å². The Morgan fingerprint density at radius 1 is 1.71 bits per heavy atom. The molecule has 0 aliphatic heterocycles. The fourth-order valence-corrected chi connectivity index (χ4v) is 1.69. The molecular formula is C8H13ClN4S. The van der Waals surface area contributed by atoms with Crippen molar-refractivity contribution in [3.05, 3.63) is 15.8 Å². The molecule has 6 heteroatoms. The number of nitrogens with one attached hydrogen (secondary N) is 2. The smallest absolute Gasteiger partial charge is 0.210 e. The number of nitrogens with zero attached hydrogens (tertiary/aromatic N) is 1. The number of thiophene rings is 1. The summed E-state index contributed by atoms with van der Waals surface area (Å²) in [6.07, 6.45) is 0.976. The maximum atomic E-state index is 5.91. The van der Waals surface area contributed by atoms with Crippen molar-refractivity contribution in [3.63, 3.8) is 0 Å². The van der Waals surface area contributed by atoms with Crippen molar-refractivity contribution in [2.45, 2.75) is 13.3 Å². The number of halogens is 1. The molecule has 0 spiro atoms. The standard InChI is InChI=1S/C8H13ClN4S/c1-2-4-11-8(13-10)12-6-3-5-14-7(6)9/h3,5H,2,4,10H2,1H3,(H2,11,12,13). The Hall–Kier alpha value is -0.780. The van der Waals surface area contributed by atoms with Gasteiger partial charge in [0, 0.05) is 6.54 Å². The lowest BCUT2D eigenvalue weighted by Crippen LogP contribution is -2.36. The summed E-state index contributed by atoms with van der Waals surface area (Å²) in [6, 6.07) is 1.88. The summed E-state index contributed by atoms with van der Waals surface area (Å²) >= 11 is 7.37. The minimum Gasteiger partial charge on any atom is -0.323 e. The Morgan fingerprint density at radius 2 is 2.50 bits per heavy atom. The quantitative estimate of drug-likeness (QED) is 0.324. The molecule has 1 aromatic heterocycles. The van der Waals surface area contributed by atoms with E-state index in [9.17, 15) is 0 Å². The Kier molecular flexibility index (Phi) is 4.72. The molecule has 0 saturated heterocycles. The summed E-state index contributed by atoms with van der Waals surface area (Å²) in [6.45, 7) is 2.78. The van der Waals surface area contributed by atoms with Crippen LogP contribution in [0.2, 0.25) is 4.34 Å². The van der Waals surface area contributed by atoms with Crippen molar-refractivity contribution in [2.75, 3.05) is 11.9 Å². The van der Waals surface area contributed by atoms with E-state index in [1.807, 2.05) is 11.4 Å². The van der Waals surface area contributed by atoms with E-state index in [4.69, 9.17) is 17.4 Å². The molecule has 4 nitrogen and oxygen atoms in total. The van der Waals surface area contributed by atoms with Crippen LogP contribution < -0.4 is 16.6 Å². The van der Waals surface area contributed by atoms with Gasteiger partial charge in [-0.1, -0.05) is 18.5 Å². The zero-order valence-corrected chi connectivity index (χ0v) is 9.45. The molecule has 4 N–H and O–H groups in total. The maximum absolute atomic E-state index is 5.91. The van der Waals surface area contributed by atoms with E-state index in [0.717, 1.165) is 18.7 Å². The lowest BCUT2D eigenvalue weighted by molar-refractivity contribution is 0.905. The topological polar surface area (TPSA) is 62.4 Å². The summed E-state index contributed by atoms with van der Waals surface area (Å²) in [5, 5.41) is 4.91. The van der Waals surface area contributed by atoms with Crippen LogP contribution in [0.25, 0.3) is 0 Å². The van der Waals surface area contributed by atoms with Crippen LogP contribution in [0.5, 0.6) is 0 Å². The highest BCUT2D eigenvalue weighted by molar-refractivity contribution is 7.15. The van der Waals surface area contributed by atoms with E-state index in [1.54, 1.807) is 0 Å². The Bertz CT molecular complexity index is 310. The molecule has 0 unspecified atom stereocenters. The van der Waals surface area contributed by atoms with Crippen LogP contribution in [-0.2, 0) is 0 Å². The van der Waals surface area contributed by atoms with Gasteiger partial charge in [-0.25, -0.2) is 5.84 Å². The van der Waals surface area contributed by atoms with Gasteiger partial charge in [0.15, 0.2) is 0 Å². The van der Waals surface area contributed by atoms with Gasteiger partial charge in [-0.15, -0.1) is 11.3 Å². The van der Waals surface area contributed by atoms with Crippen molar-refractivity contribution >= 4 is 34.6 Å². The molecule has 0 fully saturated rings. The third-order valence-electron chi connectivity index (χ3n) is 1.50. The number of hydrogen-bond donors (Lipinski definition) is 3. The zero-order valence-electron chi connectivity index (χ0n) is 7.88. The van der Waals surface area contributed by atoms with Crippen LogP contribution in [0, 0.1) is 0 Å². The normalized spacial score (nSPS) is 11.5. The van der Waals surface area contributed by atoms with Crippen molar-refractivity contribution in [2.24, 2.45) is 10.8 Å². The van der Waals surface area contributed by atoms with Gasteiger partial charge in [-0.05, 0) is 17.9 Å². The third kappa shape index (κ3) is 3.17. The Balaban J connectivity index is 2.61. The van der Waals surface area contributed by atoms with Gasteiger partial charge in [0.1, 0.15) is 4.34 Å². The van der Waals surface area contributed by atoms with E-state index in [-0.39, 0.29) is 0 Å². The van der Waals surface area contributed by atoms with Crippen molar-refractivity contribution in [3.8, 4) is 0 Å². The second-order valence-corrected chi connectivity index (χ2v) is 4.13.